The summed E-state index contributed by atoms with van der Waals surface area (Å²) in [5.41, 5.74) is 4.55. The number of nitrogens with one attached hydrogen (secondary N) is 3. The number of hydrogen-bond acceptors (Lipinski definition) is 6. The molecule has 2 amide bonds. The van der Waals surface area contributed by atoms with Crippen molar-refractivity contribution in [2.24, 2.45) is 0 Å². The van der Waals surface area contributed by atoms with Crippen LogP contribution in [0.3, 0.4) is 0 Å². The maximum Gasteiger partial charge on any atom is 0.269 e. The van der Waals surface area contributed by atoms with Gasteiger partial charge in [-0.25, -0.2) is 21.6 Å². The molecule has 28 heavy (non-hydrogen) atoms. The lowest BCUT2D eigenvalue weighted by atomic mass is 10.2. The lowest BCUT2D eigenvalue weighted by Crippen LogP contribution is -2.42. The largest absolute Gasteiger partial charge is 0.273 e. The number of carbonyl (C=O) groups is 2. The molecule has 1 aliphatic rings. The number of sulfonamides is 2. The number of carbonyl (C=O) groups excluding carboxylic acids is 2. The summed E-state index contributed by atoms with van der Waals surface area (Å²) >= 11 is 0. The van der Waals surface area contributed by atoms with Gasteiger partial charge >= 0.3 is 0 Å². The van der Waals surface area contributed by atoms with Crippen molar-refractivity contribution in [2.75, 3.05) is 25.4 Å². The van der Waals surface area contributed by atoms with E-state index < -0.39 is 31.9 Å². The van der Waals surface area contributed by atoms with E-state index in [4.69, 9.17) is 0 Å². The van der Waals surface area contributed by atoms with Crippen LogP contribution in [-0.2, 0) is 24.8 Å². The number of nitrogens with zero attached hydrogens (tertiary/aromatic N) is 1. The molecule has 2 rings (SSSR count). The summed E-state index contributed by atoms with van der Waals surface area (Å²) in [6, 6.07) is 5.42. The van der Waals surface area contributed by atoms with Crippen LogP contribution in [0.25, 0.3) is 0 Å². The molecule has 0 spiro atoms. The van der Waals surface area contributed by atoms with E-state index in [9.17, 15) is 26.4 Å². The molecule has 12 heteroatoms. The van der Waals surface area contributed by atoms with Crippen LogP contribution in [0.5, 0.6) is 0 Å². The summed E-state index contributed by atoms with van der Waals surface area (Å²) in [5.74, 6) is -1.28. The van der Waals surface area contributed by atoms with Crippen molar-refractivity contribution < 1.29 is 26.4 Å². The maximum atomic E-state index is 12.4. The van der Waals surface area contributed by atoms with E-state index in [-0.39, 0.29) is 29.2 Å². The Bertz CT molecular complexity index is 907. The molecule has 0 aromatic heterocycles. The quantitative estimate of drug-likeness (QED) is 0.476. The number of hydrazine groups is 1. The van der Waals surface area contributed by atoms with Crippen LogP contribution < -0.4 is 15.6 Å². The minimum atomic E-state index is -3.56. The minimum absolute atomic E-state index is 0.0824. The highest BCUT2D eigenvalue weighted by molar-refractivity contribution is 7.89. The van der Waals surface area contributed by atoms with Gasteiger partial charge in [0, 0.05) is 31.6 Å². The van der Waals surface area contributed by atoms with Gasteiger partial charge in [-0.05, 0) is 44.0 Å². The first-order valence-electron chi connectivity index (χ1n) is 8.82. The fourth-order valence-electron chi connectivity index (χ4n) is 2.54. The molecule has 0 saturated carbocycles. The molecule has 0 unspecified atom stereocenters. The van der Waals surface area contributed by atoms with Crippen molar-refractivity contribution in [3.05, 3.63) is 29.8 Å². The van der Waals surface area contributed by atoms with Crippen molar-refractivity contribution in [2.45, 2.75) is 31.1 Å². The first-order valence-corrected chi connectivity index (χ1v) is 11.9. The van der Waals surface area contributed by atoms with Crippen LogP contribution in [0.4, 0.5) is 0 Å². The lowest BCUT2D eigenvalue weighted by Gasteiger charge is -2.15. The molecule has 0 atom stereocenters. The third-order valence-electron chi connectivity index (χ3n) is 4.19. The molecule has 1 aliphatic heterocycles. The van der Waals surface area contributed by atoms with Crippen molar-refractivity contribution >= 4 is 31.9 Å². The van der Waals surface area contributed by atoms with Gasteiger partial charge in [-0.1, -0.05) is 0 Å². The van der Waals surface area contributed by atoms with Gasteiger partial charge < -0.3 is 0 Å². The van der Waals surface area contributed by atoms with Gasteiger partial charge in [0.1, 0.15) is 0 Å². The third kappa shape index (κ3) is 5.99. The summed E-state index contributed by atoms with van der Waals surface area (Å²) < 4.78 is 51.0. The van der Waals surface area contributed by atoms with Crippen LogP contribution in [0.15, 0.2) is 29.2 Å². The molecule has 156 valence electrons. The van der Waals surface area contributed by atoms with Crippen LogP contribution in [0.2, 0.25) is 0 Å². The first kappa shape index (κ1) is 22.3. The molecule has 10 nitrogen and oxygen atoms in total. The number of rotatable bonds is 8. The van der Waals surface area contributed by atoms with E-state index in [1.165, 1.54) is 35.5 Å². The minimum Gasteiger partial charge on any atom is -0.273 e. The SMILES string of the molecule is CCS(=O)(=O)NCCC(=O)NNC(=O)c1ccc(S(=O)(=O)N2CCCC2)cc1. The van der Waals surface area contributed by atoms with Gasteiger partial charge in [0.05, 0.1) is 10.6 Å². The van der Waals surface area contributed by atoms with Crippen molar-refractivity contribution in [3.63, 3.8) is 0 Å². The zero-order chi connectivity index (χ0) is 20.8. The van der Waals surface area contributed by atoms with Gasteiger partial charge in [0.25, 0.3) is 5.91 Å². The molecule has 1 aromatic rings. The molecular formula is C16H24N4O6S2. The molecular weight excluding hydrogens is 408 g/mol. The summed E-state index contributed by atoms with van der Waals surface area (Å²) in [6.45, 7) is 2.38. The normalized spacial score (nSPS) is 15.3. The summed E-state index contributed by atoms with van der Waals surface area (Å²) in [7, 11) is -6.94. The van der Waals surface area contributed by atoms with Crippen LogP contribution in [0, 0.1) is 0 Å². The smallest absolute Gasteiger partial charge is 0.269 e. The lowest BCUT2D eigenvalue weighted by molar-refractivity contribution is -0.121. The topological polar surface area (TPSA) is 142 Å². The number of amides is 2. The van der Waals surface area contributed by atoms with E-state index >= 15 is 0 Å². The van der Waals surface area contributed by atoms with E-state index in [0.29, 0.717) is 13.1 Å². The standard InChI is InChI=1S/C16H24N4O6S2/c1-2-27(23,24)17-10-9-15(21)18-19-16(22)13-5-7-14(8-6-13)28(25,26)20-11-3-4-12-20/h5-8,17H,2-4,9-12H2,1H3,(H,18,21)(H,19,22). The maximum absolute atomic E-state index is 12.4. The van der Waals surface area contributed by atoms with Crippen molar-refractivity contribution in [1.82, 2.24) is 19.9 Å². The second kappa shape index (κ2) is 9.45. The van der Waals surface area contributed by atoms with Crippen LogP contribution in [0.1, 0.15) is 36.5 Å². The Morgan fingerprint density at radius 1 is 1.00 bits per heavy atom. The molecule has 1 aromatic carbocycles. The molecule has 1 saturated heterocycles. The van der Waals surface area contributed by atoms with Crippen LogP contribution >= 0.6 is 0 Å². The molecule has 0 bridgehead atoms. The number of hydrogen-bond donors (Lipinski definition) is 3. The highest BCUT2D eigenvalue weighted by atomic mass is 32.2. The Morgan fingerprint density at radius 2 is 1.61 bits per heavy atom. The Labute approximate surface area is 164 Å². The van der Waals surface area contributed by atoms with Crippen molar-refractivity contribution in [3.8, 4) is 0 Å². The van der Waals surface area contributed by atoms with Gasteiger partial charge in [0.15, 0.2) is 0 Å². The number of benzene rings is 1. The zero-order valence-corrected chi connectivity index (χ0v) is 17.1. The fraction of sp³-hybridized carbons (Fsp3) is 0.500. The monoisotopic (exact) mass is 432 g/mol. The Kier molecular flexibility index (Phi) is 7.52. The Morgan fingerprint density at radius 3 is 2.18 bits per heavy atom. The summed E-state index contributed by atoms with van der Waals surface area (Å²) in [4.78, 5) is 23.8. The van der Waals surface area contributed by atoms with E-state index in [2.05, 4.69) is 15.6 Å². The van der Waals surface area contributed by atoms with Gasteiger partial charge in [-0.2, -0.15) is 4.31 Å². The third-order valence-corrected chi connectivity index (χ3v) is 7.51. The molecule has 0 radical (unpaired) electrons. The molecule has 1 heterocycles. The fourth-order valence-corrected chi connectivity index (χ4v) is 4.67. The zero-order valence-electron chi connectivity index (χ0n) is 15.5. The average molecular weight is 433 g/mol. The van der Waals surface area contributed by atoms with Gasteiger partial charge in [-0.15, -0.1) is 0 Å². The average Bonchev–Trinajstić information content (AvgIpc) is 3.22. The van der Waals surface area contributed by atoms with E-state index in [0.717, 1.165) is 12.8 Å². The Balaban J connectivity index is 1.85. The second-order valence-electron chi connectivity index (χ2n) is 6.19. The van der Waals surface area contributed by atoms with E-state index in [1.807, 2.05) is 0 Å². The van der Waals surface area contributed by atoms with Gasteiger partial charge in [-0.3, -0.25) is 20.4 Å². The van der Waals surface area contributed by atoms with E-state index in [1.54, 1.807) is 0 Å². The second-order valence-corrected chi connectivity index (χ2v) is 10.2. The molecule has 3 N–H and O–H groups in total. The van der Waals surface area contributed by atoms with Gasteiger partial charge in [0.2, 0.25) is 26.0 Å². The highest BCUT2D eigenvalue weighted by Gasteiger charge is 2.27. The summed E-state index contributed by atoms with van der Waals surface area (Å²) in [5, 5.41) is 0. The van der Waals surface area contributed by atoms with Crippen LogP contribution in [-0.4, -0.2) is 58.3 Å². The molecule has 1 fully saturated rings. The van der Waals surface area contributed by atoms with Crippen molar-refractivity contribution in [1.29, 1.82) is 0 Å². The predicted octanol–water partition coefficient (Wildman–Crippen LogP) is -0.438. The molecule has 0 aliphatic carbocycles. The highest BCUT2D eigenvalue weighted by Crippen LogP contribution is 2.20. The first-order chi connectivity index (χ1) is 13.2. The Hall–Kier alpha value is -2.02. The summed E-state index contributed by atoms with van der Waals surface area (Å²) in [6.07, 6.45) is 1.52. The predicted molar refractivity (Wildman–Crippen MR) is 102 cm³/mol.